The number of unbranched alkanes of at least 4 members (excludes halogenated alkanes) is 1. The summed E-state index contributed by atoms with van der Waals surface area (Å²) in [6.45, 7) is 2.85. The van der Waals surface area contributed by atoms with Crippen molar-refractivity contribution in [1.29, 1.82) is 0 Å². The van der Waals surface area contributed by atoms with E-state index < -0.39 is 0 Å². The summed E-state index contributed by atoms with van der Waals surface area (Å²) in [5.74, 6) is 0. The Bertz CT molecular complexity index is 341. The Morgan fingerprint density at radius 1 is 1.33 bits per heavy atom. The van der Waals surface area contributed by atoms with Crippen LogP contribution in [0.2, 0.25) is 0 Å². The molecule has 0 spiro atoms. The molecule has 1 amide bonds. The van der Waals surface area contributed by atoms with Crippen molar-refractivity contribution in [2.24, 2.45) is 0 Å². The van der Waals surface area contributed by atoms with Gasteiger partial charge in [0.2, 0.25) is 0 Å². The van der Waals surface area contributed by atoms with E-state index in [0.29, 0.717) is 6.54 Å². The topological polar surface area (TPSA) is 50.4 Å². The van der Waals surface area contributed by atoms with Crippen molar-refractivity contribution >= 4 is 11.8 Å². The van der Waals surface area contributed by atoms with E-state index in [4.69, 9.17) is 0 Å². The zero-order chi connectivity index (χ0) is 13.2. The van der Waals surface area contributed by atoms with Crippen LogP contribution in [0.1, 0.15) is 26.2 Å². The highest BCUT2D eigenvalue weighted by atomic mass is 16.5. The molecule has 0 radical (unpaired) electrons. The first-order valence-electron chi connectivity index (χ1n) is 6.39. The molecular weight excluding hydrogens is 228 g/mol. The summed E-state index contributed by atoms with van der Waals surface area (Å²) in [6.07, 6.45) is 2.78. The Balaban J connectivity index is 2.42. The summed E-state index contributed by atoms with van der Waals surface area (Å²) in [7, 11) is 1.39. The van der Waals surface area contributed by atoms with Crippen molar-refractivity contribution < 1.29 is 9.53 Å². The zero-order valence-electron chi connectivity index (χ0n) is 11.1. The number of alkyl carbamates (subject to hydrolysis) is 1. The largest absolute Gasteiger partial charge is 0.453 e. The van der Waals surface area contributed by atoms with Crippen molar-refractivity contribution in [2.75, 3.05) is 19.0 Å². The summed E-state index contributed by atoms with van der Waals surface area (Å²) < 4.78 is 4.63. The minimum absolute atomic E-state index is 0.0950. The number of ether oxygens (including phenoxy) is 1. The first-order chi connectivity index (χ1) is 8.76. The van der Waals surface area contributed by atoms with Crippen LogP contribution in [0, 0.1) is 0 Å². The second-order valence-corrected chi connectivity index (χ2v) is 4.22. The molecule has 0 bridgehead atoms. The van der Waals surface area contributed by atoms with Crippen LogP contribution in [-0.2, 0) is 4.74 Å². The summed E-state index contributed by atoms with van der Waals surface area (Å²) in [4.78, 5) is 11.2. The number of nitrogens with one attached hydrogen (secondary N) is 2. The molecule has 0 saturated heterocycles. The molecule has 0 aromatic heterocycles. The number of hydrogen-bond donors (Lipinski definition) is 2. The van der Waals surface area contributed by atoms with Crippen molar-refractivity contribution in [3.05, 3.63) is 30.3 Å². The van der Waals surface area contributed by atoms with E-state index in [2.05, 4.69) is 22.3 Å². The minimum Gasteiger partial charge on any atom is -0.453 e. The summed E-state index contributed by atoms with van der Waals surface area (Å²) in [6, 6.07) is 10.1. The van der Waals surface area contributed by atoms with E-state index in [1.807, 2.05) is 30.3 Å². The van der Waals surface area contributed by atoms with Gasteiger partial charge in [0, 0.05) is 18.3 Å². The van der Waals surface area contributed by atoms with Crippen LogP contribution in [-0.4, -0.2) is 25.8 Å². The zero-order valence-corrected chi connectivity index (χ0v) is 11.1. The molecule has 0 heterocycles. The van der Waals surface area contributed by atoms with E-state index >= 15 is 0 Å². The van der Waals surface area contributed by atoms with E-state index in [1.165, 1.54) is 7.11 Å². The first kappa shape index (κ1) is 14.4. The fraction of sp³-hybridized carbons (Fsp3) is 0.500. The summed E-state index contributed by atoms with van der Waals surface area (Å²) in [5, 5.41) is 6.16. The van der Waals surface area contributed by atoms with Crippen LogP contribution in [0.15, 0.2) is 30.3 Å². The molecule has 0 aliphatic carbocycles. The van der Waals surface area contributed by atoms with Gasteiger partial charge in [0.05, 0.1) is 7.11 Å². The molecule has 4 nitrogen and oxygen atoms in total. The van der Waals surface area contributed by atoms with E-state index in [1.54, 1.807) is 0 Å². The second kappa shape index (κ2) is 8.39. The van der Waals surface area contributed by atoms with Crippen LogP contribution in [0.3, 0.4) is 0 Å². The number of benzene rings is 1. The Hall–Kier alpha value is -1.71. The molecule has 1 unspecified atom stereocenters. The number of rotatable bonds is 7. The van der Waals surface area contributed by atoms with Crippen molar-refractivity contribution in [2.45, 2.75) is 32.2 Å². The van der Waals surface area contributed by atoms with Crippen molar-refractivity contribution in [3.8, 4) is 0 Å². The maximum absolute atomic E-state index is 11.2. The van der Waals surface area contributed by atoms with E-state index in [-0.39, 0.29) is 12.1 Å². The molecule has 0 aliphatic rings. The fourth-order valence-corrected chi connectivity index (χ4v) is 1.70. The smallest absolute Gasteiger partial charge is 0.407 e. The molecule has 1 aromatic carbocycles. The van der Waals surface area contributed by atoms with Gasteiger partial charge in [0.15, 0.2) is 0 Å². The number of carbonyl (C=O) groups excluding carboxylic acids is 1. The van der Waals surface area contributed by atoms with Gasteiger partial charge >= 0.3 is 6.09 Å². The van der Waals surface area contributed by atoms with Gasteiger partial charge in [0.1, 0.15) is 0 Å². The molecule has 100 valence electrons. The lowest BCUT2D eigenvalue weighted by Gasteiger charge is -2.19. The van der Waals surface area contributed by atoms with E-state index in [9.17, 15) is 4.79 Å². The highest BCUT2D eigenvalue weighted by Crippen LogP contribution is 2.07. The molecule has 2 N–H and O–H groups in total. The molecule has 1 rings (SSSR count). The summed E-state index contributed by atoms with van der Waals surface area (Å²) >= 11 is 0. The number of para-hydroxylation sites is 1. The van der Waals surface area contributed by atoms with Gasteiger partial charge < -0.3 is 15.4 Å². The van der Waals surface area contributed by atoms with Crippen molar-refractivity contribution in [3.63, 3.8) is 0 Å². The van der Waals surface area contributed by atoms with Gasteiger partial charge in [-0.3, -0.25) is 0 Å². The summed E-state index contributed by atoms with van der Waals surface area (Å²) in [5.41, 5.74) is 1.06. The lowest BCUT2D eigenvalue weighted by Crippen LogP contribution is -2.39. The van der Waals surface area contributed by atoms with Gasteiger partial charge in [-0.15, -0.1) is 0 Å². The minimum atomic E-state index is -0.369. The fourth-order valence-electron chi connectivity index (χ4n) is 1.70. The molecular formula is C14H22N2O2. The molecule has 0 fully saturated rings. The second-order valence-electron chi connectivity index (χ2n) is 4.22. The first-order valence-corrected chi connectivity index (χ1v) is 6.39. The van der Waals surface area contributed by atoms with Crippen molar-refractivity contribution in [1.82, 2.24) is 5.32 Å². The molecule has 1 aromatic rings. The molecule has 0 saturated carbocycles. The Morgan fingerprint density at radius 3 is 2.67 bits per heavy atom. The highest BCUT2D eigenvalue weighted by Gasteiger charge is 2.11. The number of anilines is 1. The lowest BCUT2D eigenvalue weighted by molar-refractivity contribution is 0.166. The van der Waals surface area contributed by atoms with E-state index in [0.717, 1.165) is 24.9 Å². The lowest BCUT2D eigenvalue weighted by atomic mass is 10.1. The van der Waals surface area contributed by atoms with Crippen LogP contribution in [0.25, 0.3) is 0 Å². The SMILES string of the molecule is CCCCC(CNc1ccccc1)NC(=O)OC. The van der Waals surface area contributed by atoms with Gasteiger partial charge in [-0.05, 0) is 18.6 Å². The van der Waals surface area contributed by atoms with Gasteiger partial charge in [-0.2, -0.15) is 0 Å². The molecule has 4 heteroatoms. The normalized spacial score (nSPS) is 11.7. The van der Waals surface area contributed by atoms with Gasteiger partial charge in [-0.25, -0.2) is 4.79 Å². The predicted octanol–water partition coefficient (Wildman–Crippen LogP) is 3.01. The maximum atomic E-state index is 11.2. The molecule has 18 heavy (non-hydrogen) atoms. The monoisotopic (exact) mass is 250 g/mol. The Morgan fingerprint density at radius 2 is 2.06 bits per heavy atom. The third-order valence-corrected chi connectivity index (χ3v) is 2.74. The van der Waals surface area contributed by atoms with Crippen LogP contribution < -0.4 is 10.6 Å². The standard InChI is InChI=1S/C14H22N2O2/c1-3-4-8-13(16-14(17)18-2)11-15-12-9-6-5-7-10-12/h5-7,9-10,13,15H,3-4,8,11H2,1-2H3,(H,16,17). The number of methoxy groups -OCH3 is 1. The number of amides is 1. The Labute approximate surface area is 109 Å². The third kappa shape index (κ3) is 5.57. The van der Waals surface area contributed by atoms with Crippen LogP contribution >= 0.6 is 0 Å². The van der Waals surface area contributed by atoms with Gasteiger partial charge in [0.25, 0.3) is 0 Å². The molecule has 1 atom stereocenters. The number of hydrogen-bond acceptors (Lipinski definition) is 3. The van der Waals surface area contributed by atoms with Crippen LogP contribution in [0.4, 0.5) is 10.5 Å². The third-order valence-electron chi connectivity index (χ3n) is 2.74. The van der Waals surface area contributed by atoms with Gasteiger partial charge in [-0.1, -0.05) is 38.0 Å². The highest BCUT2D eigenvalue weighted by molar-refractivity contribution is 5.67. The Kier molecular flexibility index (Phi) is 6.69. The molecule has 0 aliphatic heterocycles. The average molecular weight is 250 g/mol. The maximum Gasteiger partial charge on any atom is 0.407 e. The number of carbonyl (C=O) groups is 1. The average Bonchev–Trinajstić information content (AvgIpc) is 2.42. The predicted molar refractivity (Wildman–Crippen MR) is 73.8 cm³/mol. The van der Waals surface area contributed by atoms with Crippen LogP contribution in [0.5, 0.6) is 0 Å². The quantitative estimate of drug-likeness (QED) is 0.782.